The Morgan fingerprint density at radius 2 is 0.873 bits per heavy atom. The lowest BCUT2D eigenvalue weighted by atomic mass is 9.74. The van der Waals surface area contributed by atoms with Crippen LogP contribution in [0.15, 0.2) is 133 Å². The van der Waals surface area contributed by atoms with E-state index in [1.54, 1.807) is 6.92 Å². The summed E-state index contributed by atoms with van der Waals surface area (Å²) in [4.78, 5) is 16.9. The van der Waals surface area contributed by atoms with Gasteiger partial charge < -0.3 is 14.5 Å². The van der Waals surface area contributed by atoms with Gasteiger partial charge in [0, 0.05) is 33.7 Å². The molecule has 0 aliphatic rings. The molecule has 6 aromatic rings. The van der Waals surface area contributed by atoms with Crippen molar-refractivity contribution >= 4 is 40.1 Å². The summed E-state index contributed by atoms with van der Waals surface area (Å²) in [6, 6.07) is 43.7. The van der Waals surface area contributed by atoms with Crippen molar-refractivity contribution in [1.82, 2.24) is 0 Å². The molecule has 0 aromatic heterocycles. The normalized spacial score (nSPS) is 12.2. The number of aryl methyl sites for hydroxylation is 7. The number of hydrogen-bond acceptors (Lipinski definition) is 4. The van der Waals surface area contributed by atoms with Crippen LogP contribution in [0.1, 0.15) is 77.3 Å². The average molecular weight is 727 g/mol. The summed E-state index contributed by atoms with van der Waals surface area (Å²) in [6.07, 6.45) is 0.938. The summed E-state index contributed by atoms with van der Waals surface area (Å²) >= 11 is 0. The van der Waals surface area contributed by atoms with Gasteiger partial charge in [0.15, 0.2) is 0 Å². The number of rotatable bonds is 11. The number of ether oxygens (including phenoxy) is 1. The van der Waals surface area contributed by atoms with Gasteiger partial charge >= 0.3 is 5.97 Å². The highest BCUT2D eigenvalue weighted by molar-refractivity contribution is 5.89. The van der Waals surface area contributed by atoms with Gasteiger partial charge in [-0.15, -0.1) is 0 Å². The maximum absolute atomic E-state index is 12.2. The van der Waals surface area contributed by atoms with E-state index in [1.807, 2.05) is 24.3 Å². The van der Waals surface area contributed by atoms with Crippen molar-refractivity contribution in [2.24, 2.45) is 0 Å². The van der Waals surface area contributed by atoms with Gasteiger partial charge in [0.25, 0.3) is 0 Å². The molecule has 55 heavy (non-hydrogen) atoms. The molecule has 0 radical (unpaired) electrons. The van der Waals surface area contributed by atoms with Crippen molar-refractivity contribution in [2.75, 3.05) is 9.80 Å². The van der Waals surface area contributed by atoms with E-state index in [-0.39, 0.29) is 5.41 Å². The lowest BCUT2D eigenvalue weighted by Gasteiger charge is -2.33. The van der Waals surface area contributed by atoms with Gasteiger partial charge in [0.1, 0.15) is 5.75 Å². The Morgan fingerprint density at radius 3 is 1.20 bits per heavy atom. The Morgan fingerprint density at radius 1 is 0.545 bits per heavy atom. The largest absolute Gasteiger partial charge is 0.423 e. The molecular weight excluding hydrogens is 673 g/mol. The Kier molecular flexibility index (Phi) is 11.2. The number of benzene rings is 6. The third kappa shape index (κ3) is 8.00. The van der Waals surface area contributed by atoms with E-state index in [2.05, 4.69) is 176 Å². The summed E-state index contributed by atoms with van der Waals surface area (Å²) < 4.78 is 5.52. The predicted molar refractivity (Wildman–Crippen MR) is 233 cm³/mol. The predicted octanol–water partition coefficient (Wildman–Crippen LogP) is 14.0. The fourth-order valence-electron chi connectivity index (χ4n) is 7.95. The number of hydrogen-bond donors (Lipinski definition) is 0. The van der Waals surface area contributed by atoms with Crippen LogP contribution in [-0.4, -0.2) is 5.97 Å². The van der Waals surface area contributed by atoms with Crippen LogP contribution in [0.4, 0.5) is 34.1 Å². The summed E-state index contributed by atoms with van der Waals surface area (Å²) in [6.45, 7) is 25.2. The second kappa shape index (κ2) is 15.8. The van der Waals surface area contributed by atoms with Crippen LogP contribution in [0, 0.1) is 48.5 Å². The molecular formula is C51H54N2O2. The highest BCUT2D eigenvalue weighted by Crippen LogP contribution is 2.44. The Labute approximate surface area is 328 Å². The first-order valence-corrected chi connectivity index (χ1v) is 19.2. The second-order valence-electron chi connectivity index (χ2n) is 15.4. The molecule has 1 unspecified atom stereocenters. The molecule has 0 saturated heterocycles. The van der Waals surface area contributed by atoms with E-state index < -0.39 is 5.97 Å². The fraction of sp³-hybridized carbons (Fsp3) is 0.235. The summed E-state index contributed by atoms with van der Waals surface area (Å²) in [5, 5.41) is 0. The van der Waals surface area contributed by atoms with Crippen molar-refractivity contribution in [3.8, 4) is 5.75 Å². The standard InChI is InChI=1S/C51H54N2O2/c1-12-51(11,41-15-21-44(22-16-41)52(43-19-13-34(4)14-20-43)48-37(7)29-35(5)30-38(48)8)42-17-23-45(24-18-42)53(49-39(9)31-36(6)32-40(49)10)46-25-27-47(28-26-46)55-50(54)33(2)3/h13-32H,2,12H2,1,3-11H3. The molecule has 6 aromatic carbocycles. The molecule has 0 spiro atoms. The van der Waals surface area contributed by atoms with Crippen LogP contribution in [0.25, 0.3) is 0 Å². The SMILES string of the molecule is C=C(C)C(=O)Oc1ccc(N(c2ccc(C(C)(CC)c3ccc(N(c4ccc(C)cc4)c4c(C)cc(C)cc4C)cc3)cc2)c2c(C)cc(C)cc2C)cc1. The zero-order chi connectivity index (χ0) is 39.6. The summed E-state index contributed by atoms with van der Waals surface area (Å²) in [5.41, 5.74) is 18.0. The quantitative estimate of drug-likeness (QED) is 0.0756. The first kappa shape index (κ1) is 38.8. The first-order chi connectivity index (χ1) is 26.2. The monoisotopic (exact) mass is 726 g/mol. The van der Waals surface area contributed by atoms with Crippen molar-refractivity contribution in [2.45, 2.75) is 81.1 Å². The minimum absolute atomic E-state index is 0.212. The molecule has 280 valence electrons. The Hall–Kier alpha value is -5.87. The fourth-order valence-corrected chi connectivity index (χ4v) is 7.95. The van der Waals surface area contributed by atoms with Crippen molar-refractivity contribution in [1.29, 1.82) is 0 Å². The van der Waals surface area contributed by atoms with Gasteiger partial charge in [-0.2, -0.15) is 0 Å². The molecule has 0 heterocycles. The second-order valence-corrected chi connectivity index (χ2v) is 15.4. The molecule has 1 atom stereocenters. The molecule has 4 heteroatoms. The number of anilines is 6. The smallest absolute Gasteiger partial charge is 0.338 e. The molecule has 0 aliphatic carbocycles. The van der Waals surface area contributed by atoms with E-state index >= 15 is 0 Å². The van der Waals surface area contributed by atoms with Gasteiger partial charge in [-0.1, -0.05) is 97.8 Å². The minimum Gasteiger partial charge on any atom is -0.423 e. The van der Waals surface area contributed by atoms with Gasteiger partial charge in [-0.3, -0.25) is 0 Å². The number of esters is 1. The van der Waals surface area contributed by atoms with Crippen LogP contribution in [0.2, 0.25) is 0 Å². The van der Waals surface area contributed by atoms with Gasteiger partial charge in [-0.25, -0.2) is 4.79 Å². The highest BCUT2D eigenvalue weighted by atomic mass is 16.5. The number of carbonyl (C=O) groups excluding carboxylic acids is 1. The zero-order valence-electron chi connectivity index (χ0n) is 34.2. The molecule has 0 saturated carbocycles. The van der Waals surface area contributed by atoms with Gasteiger partial charge in [0.2, 0.25) is 0 Å². The van der Waals surface area contributed by atoms with Crippen LogP contribution >= 0.6 is 0 Å². The third-order valence-corrected chi connectivity index (χ3v) is 10.9. The van der Waals surface area contributed by atoms with E-state index in [0.717, 1.165) is 34.9 Å². The van der Waals surface area contributed by atoms with Crippen LogP contribution in [0.3, 0.4) is 0 Å². The molecule has 0 fully saturated rings. The topological polar surface area (TPSA) is 32.8 Å². The maximum atomic E-state index is 12.2. The van der Waals surface area contributed by atoms with E-state index in [4.69, 9.17) is 4.74 Å². The van der Waals surface area contributed by atoms with Crippen LogP contribution < -0.4 is 14.5 Å². The van der Waals surface area contributed by atoms with Crippen molar-refractivity contribution in [3.63, 3.8) is 0 Å². The lowest BCUT2D eigenvalue weighted by Crippen LogP contribution is -2.23. The number of carbonyl (C=O) groups is 1. The molecule has 0 N–H and O–H groups in total. The maximum Gasteiger partial charge on any atom is 0.338 e. The lowest BCUT2D eigenvalue weighted by molar-refractivity contribution is -0.130. The molecule has 0 aliphatic heterocycles. The zero-order valence-corrected chi connectivity index (χ0v) is 34.2. The van der Waals surface area contributed by atoms with Crippen LogP contribution in [-0.2, 0) is 10.2 Å². The van der Waals surface area contributed by atoms with E-state index in [9.17, 15) is 4.79 Å². The Balaban J connectivity index is 1.37. The molecule has 6 rings (SSSR count). The van der Waals surface area contributed by atoms with E-state index in [1.165, 1.54) is 55.8 Å². The molecule has 4 nitrogen and oxygen atoms in total. The third-order valence-electron chi connectivity index (χ3n) is 10.9. The minimum atomic E-state index is -0.431. The van der Waals surface area contributed by atoms with Crippen molar-refractivity contribution in [3.05, 3.63) is 184 Å². The summed E-state index contributed by atoms with van der Waals surface area (Å²) in [5.74, 6) is 0.0549. The molecule has 0 bridgehead atoms. The Bertz CT molecular complexity index is 2290. The average Bonchev–Trinajstić information content (AvgIpc) is 3.15. The first-order valence-electron chi connectivity index (χ1n) is 19.2. The van der Waals surface area contributed by atoms with Crippen LogP contribution in [0.5, 0.6) is 5.75 Å². The van der Waals surface area contributed by atoms with Gasteiger partial charge in [0.05, 0.1) is 11.4 Å². The van der Waals surface area contributed by atoms with Gasteiger partial charge in [-0.05, 0) is 156 Å². The molecule has 0 amide bonds. The van der Waals surface area contributed by atoms with E-state index in [0.29, 0.717) is 11.3 Å². The highest BCUT2D eigenvalue weighted by Gasteiger charge is 2.28. The number of nitrogens with zero attached hydrogens (tertiary/aromatic N) is 2. The van der Waals surface area contributed by atoms with Crippen molar-refractivity contribution < 1.29 is 9.53 Å². The summed E-state index contributed by atoms with van der Waals surface area (Å²) in [7, 11) is 0.